The molecule has 1 amide bonds. The Kier molecular flexibility index (Phi) is 5.52. The number of carbonyl (C=O) groups excluding carboxylic acids is 1. The van der Waals surface area contributed by atoms with E-state index in [2.05, 4.69) is 15.3 Å². The molecule has 0 radical (unpaired) electrons. The van der Waals surface area contributed by atoms with Crippen LogP contribution in [0.1, 0.15) is 21.6 Å². The number of amides is 1. The molecule has 0 aliphatic heterocycles. The van der Waals surface area contributed by atoms with Crippen LogP contribution in [0.3, 0.4) is 0 Å². The van der Waals surface area contributed by atoms with E-state index in [1.807, 2.05) is 54.6 Å². The Morgan fingerprint density at radius 1 is 1.03 bits per heavy atom. The lowest BCUT2D eigenvalue weighted by atomic mass is 10.2. The van der Waals surface area contributed by atoms with Crippen LogP contribution in [-0.4, -0.2) is 27.6 Å². The van der Waals surface area contributed by atoms with Crippen molar-refractivity contribution in [3.8, 4) is 5.75 Å². The second kappa shape index (κ2) is 8.57. The highest BCUT2D eigenvalue weighted by Crippen LogP contribution is 2.13. The van der Waals surface area contributed by atoms with Crippen LogP contribution in [0.25, 0.3) is 11.2 Å². The van der Waals surface area contributed by atoms with Crippen LogP contribution in [0.15, 0.2) is 77.7 Å². The number of rotatable bonds is 6. The van der Waals surface area contributed by atoms with Crippen LogP contribution in [0.5, 0.6) is 5.75 Å². The lowest BCUT2D eigenvalue weighted by molar-refractivity contribution is 0.0944. The number of nitrogens with zero attached hydrogens (tertiary/aromatic N) is 3. The quantitative estimate of drug-likeness (QED) is 0.538. The molecule has 0 unspecified atom stereocenters. The van der Waals surface area contributed by atoms with Gasteiger partial charge >= 0.3 is 0 Å². The smallest absolute Gasteiger partial charge is 0.284 e. The Bertz CT molecular complexity index is 1250. The van der Waals surface area contributed by atoms with Gasteiger partial charge in [0.25, 0.3) is 11.5 Å². The molecule has 0 saturated carbocycles. The highest BCUT2D eigenvalue weighted by Gasteiger charge is 2.18. The second-order valence-electron chi connectivity index (χ2n) is 6.72. The molecule has 0 atom stereocenters. The number of methoxy groups -OCH3 is 1. The first kappa shape index (κ1) is 19.3. The average Bonchev–Trinajstić information content (AvgIpc) is 2.80. The summed E-state index contributed by atoms with van der Waals surface area (Å²) in [5.74, 6) is 0.164. The molecule has 0 aliphatic rings. The van der Waals surface area contributed by atoms with Crippen LogP contribution >= 0.6 is 0 Å². The average molecular weight is 400 g/mol. The van der Waals surface area contributed by atoms with Gasteiger partial charge in [0.05, 0.1) is 13.7 Å². The summed E-state index contributed by atoms with van der Waals surface area (Å²) < 4.78 is 6.68. The van der Waals surface area contributed by atoms with E-state index < -0.39 is 11.5 Å². The number of pyridine rings is 1. The molecule has 2 heterocycles. The van der Waals surface area contributed by atoms with Gasteiger partial charge in [-0.2, -0.15) is 0 Å². The normalized spacial score (nSPS) is 10.7. The first-order valence-corrected chi connectivity index (χ1v) is 9.46. The zero-order chi connectivity index (χ0) is 20.9. The molecule has 0 spiro atoms. The Morgan fingerprint density at radius 2 is 1.83 bits per heavy atom. The van der Waals surface area contributed by atoms with E-state index in [4.69, 9.17) is 4.74 Å². The van der Waals surface area contributed by atoms with Crippen LogP contribution in [-0.2, 0) is 13.1 Å². The summed E-state index contributed by atoms with van der Waals surface area (Å²) in [6.45, 7) is 0.548. The minimum atomic E-state index is -0.532. The first-order valence-electron chi connectivity index (χ1n) is 9.46. The number of fused-ring (bicyclic) bond motifs is 1. The molecule has 30 heavy (non-hydrogen) atoms. The van der Waals surface area contributed by atoms with Crippen molar-refractivity contribution in [2.45, 2.75) is 13.1 Å². The number of carbonyl (C=O) groups is 1. The van der Waals surface area contributed by atoms with Gasteiger partial charge < -0.3 is 10.1 Å². The van der Waals surface area contributed by atoms with Crippen LogP contribution < -0.4 is 15.6 Å². The topological polar surface area (TPSA) is 86.1 Å². The maximum atomic E-state index is 13.1. The van der Waals surface area contributed by atoms with E-state index in [1.165, 1.54) is 4.57 Å². The van der Waals surface area contributed by atoms with Crippen molar-refractivity contribution in [1.29, 1.82) is 0 Å². The maximum Gasteiger partial charge on any atom is 0.284 e. The zero-order valence-electron chi connectivity index (χ0n) is 16.4. The number of benzene rings is 2. The summed E-state index contributed by atoms with van der Waals surface area (Å²) in [7, 11) is 1.58. The molecular weight excluding hydrogens is 380 g/mol. The molecule has 1 N–H and O–H groups in total. The van der Waals surface area contributed by atoms with Gasteiger partial charge in [-0.3, -0.25) is 14.2 Å². The number of hydrogen-bond donors (Lipinski definition) is 1. The Balaban J connectivity index is 1.67. The lowest BCUT2D eigenvalue weighted by Gasteiger charge is -2.12. The summed E-state index contributed by atoms with van der Waals surface area (Å²) in [5.41, 5.74) is 2.08. The van der Waals surface area contributed by atoms with E-state index >= 15 is 0 Å². The standard InChI is InChI=1S/C23H20N4O3/c1-30-18-10-5-9-17(13-18)14-25-22(28)20-23(29)27(15-16-7-3-2-4-8-16)21-19(26-20)11-6-12-24-21/h2-13H,14-15H2,1H3,(H,25,28). The lowest BCUT2D eigenvalue weighted by Crippen LogP contribution is -2.35. The molecule has 0 bridgehead atoms. The van der Waals surface area contributed by atoms with Gasteiger partial charge in [0, 0.05) is 12.7 Å². The fraction of sp³-hybridized carbons (Fsp3) is 0.130. The largest absolute Gasteiger partial charge is 0.497 e. The van der Waals surface area contributed by atoms with Crippen molar-refractivity contribution in [2.75, 3.05) is 7.11 Å². The Labute approximate surface area is 173 Å². The van der Waals surface area contributed by atoms with Gasteiger partial charge in [-0.1, -0.05) is 42.5 Å². The van der Waals surface area contributed by atoms with Gasteiger partial charge in [-0.15, -0.1) is 0 Å². The molecule has 0 fully saturated rings. The van der Waals surface area contributed by atoms with Crippen LogP contribution in [0, 0.1) is 0 Å². The highest BCUT2D eigenvalue weighted by molar-refractivity contribution is 5.93. The molecule has 150 valence electrons. The molecule has 4 rings (SSSR count). The summed E-state index contributed by atoms with van der Waals surface area (Å²) in [4.78, 5) is 34.5. The van der Waals surface area contributed by atoms with E-state index in [0.717, 1.165) is 11.1 Å². The number of aromatic nitrogens is 3. The fourth-order valence-corrected chi connectivity index (χ4v) is 3.19. The summed E-state index contributed by atoms with van der Waals surface area (Å²) in [6.07, 6.45) is 1.60. The molecule has 7 heteroatoms. The van der Waals surface area contributed by atoms with E-state index in [1.54, 1.807) is 25.4 Å². The van der Waals surface area contributed by atoms with Crippen LogP contribution in [0.4, 0.5) is 0 Å². The molecule has 4 aromatic rings. The van der Waals surface area contributed by atoms with E-state index in [-0.39, 0.29) is 12.2 Å². The minimum absolute atomic E-state index is 0.158. The summed E-state index contributed by atoms with van der Waals surface area (Å²) in [5, 5.41) is 2.77. The van der Waals surface area contributed by atoms with Gasteiger partial charge in [-0.05, 0) is 35.4 Å². The van der Waals surface area contributed by atoms with Crippen molar-refractivity contribution in [3.63, 3.8) is 0 Å². The third-order valence-corrected chi connectivity index (χ3v) is 4.69. The SMILES string of the molecule is COc1cccc(CNC(=O)c2nc3cccnc3n(Cc3ccccc3)c2=O)c1. The van der Waals surface area contributed by atoms with Crippen molar-refractivity contribution in [2.24, 2.45) is 0 Å². The fourth-order valence-electron chi connectivity index (χ4n) is 3.19. The predicted octanol–water partition coefficient (Wildman–Crippen LogP) is 2.78. The molecule has 2 aromatic carbocycles. The van der Waals surface area contributed by atoms with Gasteiger partial charge in [-0.25, -0.2) is 9.97 Å². The first-order chi connectivity index (χ1) is 14.7. The monoisotopic (exact) mass is 400 g/mol. The molecule has 7 nitrogen and oxygen atoms in total. The number of hydrogen-bond acceptors (Lipinski definition) is 5. The predicted molar refractivity (Wildman–Crippen MR) is 114 cm³/mol. The maximum absolute atomic E-state index is 13.1. The minimum Gasteiger partial charge on any atom is -0.497 e. The van der Waals surface area contributed by atoms with Crippen molar-refractivity contribution in [3.05, 3.63) is 100 Å². The van der Waals surface area contributed by atoms with E-state index in [9.17, 15) is 9.59 Å². The summed E-state index contributed by atoms with van der Waals surface area (Å²) in [6, 6.07) is 20.4. The molecule has 0 saturated heterocycles. The highest BCUT2D eigenvalue weighted by atomic mass is 16.5. The third kappa shape index (κ3) is 4.05. The van der Waals surface area contributed by atoms with Crippen molar-refractivity contribution >= 4 is 17.1 Å². The van der Waals surface area contributed by atoms with Gasteiger partial charge in [0.1, 0.15) is 11.3 Å². The van der Waals surface area contributed by atoms with Crippen LogP contribution in [0.2, 0.25) is 0 Å². The third-order valence-electron chi connectivity index (χ3n) is 4.69. The van der Waals surface area contributed by atoms with Crippen molar-refractivity contribution < 1.29 is 9.53 Å². The van der Waals surface area contributed by atoms with E-state index in [0.29, 0.717) is 23.5 Å². The molecule has 0 aliphatic carbocycles. The molecular formula is C23H20N4O3. The zero-order valence-corrected chi connectivity index (χ0v) is 16.4. The summed E-state index contributed by atoms with van der Waals surface area (Å²) >= 11 is 0. The number of nitrogens with one attached hydrogen (secondary N) is 1. The molecule has 2 aromatic heterocycles. The van der Waals surface area contributed by atoms with Gasteiger partial charge in [0.15, 0.2) is 11.3 Å². The van der Waals surface area contributed by atoms with Crippen molar-refractivity contribution in [1.82, 2.24) is 19.9 Å². The Morgan fingerprint density at radius 3 is 2.63 bits per heavy atom. The number of ether oxygens (including phenoxy) is 1. The Hall–Kier alpha value is -4.00. The second-order valence-corrected chi connectivity index (χ2v) is 6.72. The van der Waals surface area contributed by atoms with Gasteiger partial charge in [0.2, 0.25) is 0 Å².